The van der Waals surface area contributed by atoms with E-state index < -0.39 is 0 Å². The van der Waals surface area contributed by atoms with Crippen LogP contribution in [-0.4, -0.2) is 37.1 Å². The third-order valence-corrected chi connectivity index (χ3v) is 3.30. The Bertz CT molecular complexity index is 668. The van der Waals surface area contributed by atoms with Gasteiger partial charge in [-0.05, 0) is 19.9 Å². The second-order valence-electron chi connectivity index (χ2n) is 4.17. The maximum Gasteiger partial charge on any atom is 0.256 e. The molecule has 0 spiro atoms. The van der Waals surface area contributed by atoms with Crippen molar-refractivity contribution in [3.8, 4) is 0 Å². The largest absolute Gasteiger partial charge is 0.274 e. The molecule has 20 heavy (non-hydrogen) atoms. The van der Waals surface area contributed by atoms with Crippen molar-refractivity contribution in [2.24, 2.45) is 0 Å². The molecule has 106 valence electrons. The van der Waals surface area contributed by atoms with Crippen LogP contribution in [0.5, 0.6) is 0 Å². The fourth-order valence-corrected chi connectivity index (χ4v) is 2.40. The molecule has 0 bridgehead atoms. The molecular weight excluding hydrogens is 280 g/mol. The first-order chi connectivity index (χ1) is 9.47. The topological polar surface area (TPSA) is 101 Å². The van der Waals surface area contributed by atoms with E-state index in [0.717, 1.165) is 11.4 Å². The van der Waals surface area contributed by atoms with Crippen molar-refractivity contribution in [2.75, 3.05) is 5.75 Å². The maximum atomic E-state index is 11.5. The number of fused-ring (bicyclic) bond motifs is 1. The van der Waals surface area contributed by atoms with Gasteiger partial charge in [-0.15, -0.1) is 10.2 Å². The van der Waals surface area contributed by atoms with Crippen LogP contribution in [0.1, 0.15) is 18.3 Å². The third kappa shape index (κ3) is 3.23. The van der Waals surface area contributed by atoms with Crippen molar-refractivity contribution >= 4 is 29.4 Å². The molecule has 0 aromatic carbocycles. The number of nitrogens with one attached hydrogen (secondary N) is 2. The lowest BCUT2D eigenvalue weighted by Gasteiger charge is -2.05. The molecule has 0 saturated carbocycles. The molecule has 0 atom stereocenters. The van der Waals surface area contributed by atoms with Gasteiger partial charge in [-0.1, -0.05) is 11.8 Å². The van der Waals surface area contributed by atoms with Crippen molar-refractivity contribution in [3.63, 3.8) is 0 Å². The second kappa shape index (κ2) is 5.87. The van der Waals surface area contributed by atoms with Crippen LogP contribution in [0, 0.1) is 13.8 Å². The van der Waals surface area contributed by atoms with Crippen LogP contribution in [0.3, 0.4) is 0 Å². The highest BCUT2D eigenvalue weighted by molar-refractivity contribution is 7.99. The summed E-state index contributed by atoms with van der Waals surface area (Å²) in [5, 5.41) is 8.57. The number of amides is 2. The number of carbonyl (C=O) groups is 2. The summed E-state index contributed by atoms with van der Waals surface area (Å²) in [6.45, 7) is 5.12. The number of aromatic nitrogens is 4. The maximum absolute atomic E-state index is 11.5. The van der Waals surface area contributed by atoms with Crippen molar-refractivity contribution in [1.29, 1.82) is 0 Å². The molecule has 0 aliphatic rings. The first kappa shape index (κ1) is 14.3. The van der Waals surface area contributed by atoms with Gasteiger partial charge in [0.1, 0.15) is 0 Å². The quantitative estimate of drug-likeness (QED) is 0.610. The van der Waals surface area contributed by atoms with E-state index in [4.69, 9.17) is 0 Å². The van der Waals surface area contributed by atoms with Crippen molar-refractivity contribution in [3.05, 3.63) is 17.5 Å². The molecule has 0 saturated heterocycles. The molecule has 2 rings (SSSR count). The molecular formula is C11H14N6O2S. The Labute approximate surface area is 119 Å². The van der Waals surface area contributed by atoms with Gasteiger partial charge in [0.15, 0.2) is 5.16 Å². The average Bonchev–Trinajstić information content (AvgIpc) is 2.77. The lowest BCUT2D eigenvalue weighted by atomic mass is 10.3. The molecule has 8 nitrogen and oxygen atoms in total. The molecule has 2 amide bonds. The van der Waals surface area contributed by atoms with Crippen LogP contribution in [0.25, 0.3) is 5.78 Å². The van der Waals surface area contributed by atoms with Gasteiger partial charge in [0.25, 0.3) is 5.78 Å². The number of thioether (sulfide) groups is 1. The van der Waals surface area contributed by atoms with Crippen LogP contribution in [0.4, 0.5) is 0 Å². The molecule has 0 fully saturated rings. The van der Waals surface area contributed by atoms with E-state index in [-0.39, 0.29) is 17.6 Å². The summed E-state index contributed by atoms with van der Waals surface area (Å²) in [5.74, 6) is -0.0206. The Morgan fingerprint density at radius 2 is 2.05 bits per heavy atom. The van der Waals surface area contributed by atoms with Crippen LogP contribution in [0.2, 0.25) is 0 Å². The van der Waals surface area contributed by atoms with Crippen molar-refractivity contribution < 1.29 is 9.59 Å². The molecule has 2 aromatic rings. The van der Waals surface area contributed by atoms with Crippen LogP contribution in [0.15, 0.2) is 11.2 Å². The number of hydrogen-bond acceptors (Lipinski definition) is 6. The van der Waals surface area contributed by atoms with Crippen molar-refractivity contribution in [1.82, 2.24) is 30.4 Å². The minimum atomic E-state index is -0.327. The minimum Gasteiger partial charge on any atom is -0.274 e. The standard InChI is InChI=1S/C11H14N6O2S/c1-6-4-7(2)17-10(12-6)15-16-11(17)20-5-9(19)14-13-8(3)18/h4H,5H2,1-3H3,(H,13,18)(H,14,19). The number of rotatable bonds is 3. The zero-order chi connectivity index (χ0) is 14.7. The first-order valence-electron chi connectivity index (χ1n) is 5.85. The second-order valence-corrected chi connectivity index (χ2v) is 5.12. The molecule has 0 unspecified atom stereocenters. The summed E-state index contributed by atoms with van der Waals surface area (Å²) >= 11 is 1.22. The Morgan fingerprint density at radius 3 is 2.75 bits per heavy atom. The van der Waals surface area contributed by atoms with Gasteiger partial charge >= 0.3 is 0 Å². The summed E-state index contributed by atoms with van der Waals surface area (Å²) in [5.41, 5.74) is 6.32. The Kier molecular flexibility index (Phi) is 4.18. The van der Waals surface area contributed by atoms with Gasteiger partial charge in [0.2, 0.25) is 11.8 Å². The first-order valence-corrected chi connectivity index (χ1v) is 6.83. The number of carbonyl (C=O) groups excluding carboxylic acids is 2. The summed E-state index contributed by atoms with van der Waals surface area (Å²) in [4.78, 5) is 26.4. The predicted molar refractivity (Wildman–Crippen MR) is 72.9 cm³/mol. The minimum absolute atomic E-state index is 0.119. The van der Waals surface area contributed by atoms with Gasteiger partial charge in [0, 0.05) is 18.3 Å². The predicted octanol–water partition coefficient (Wildman–Crippen LogP) is 0.000540. The number of aryl methyl sites for hydroxylation is 2. The van der Waals surface area contributed by atoms with Gasteiger partial charge < -0.3 is 0 Å². The van der Waals surface area contributed by atoms with Crippen molar-refractivity contribution in [2.45, 2.75) is 25.9 Å². The van der Waals surface area contributed by atoms with E-state index in [1.54, 1.807) is 4.40 Å². The van der Waals surface area contributed by atoms with Crippen LogP contribution < -0.4 is 10.9 Å². The highest BCUT2D eigenvalue weighted by Crippen LogP contribution is 2.18. The van der Waals surface area contributed by atoms with Gasteiger partial charge in [-0.3, -0.25) is 24.8 Å². The van der Waals surface area contributed by atoms with Gasteiger partial charge in [-0.2, -0.15) is 0 Å². The third-order valence-electron chi connectivity index (χ3n) is 2.37. The van der Waals surface area contributed by atoms with E-state index in [0.29, 0.717) is 10.9 Å². The highest BCUT2D eigenvalue weighted by Gasteiger charge is 2.12. The monoisotopic (exact) mass is 294 g/mol. The van der Waals surface area contributed by atoms with E-state index in [9.17, 15) is 9.59 Å². The van der Waals surface area contributed by atoms with Crippen LogP contribution in [-0.2, 0) is 9.59 Å². The molecule has 9 heteroatoms. The van der Waals surface area contributed by atoms with E-state index in [1.807, 2.05) is 19.9 Å². The summed E-state index contributed by atoms with van der Waals surface area (Å²) in [7, 11) is 0. The molecule has 0 aliphatic carbocycles. The normalized spacial score (nSPS) is 10.6. The molecule has 0 radical (unpaired) electrons. The fraction of sp³-hybridized carbons (Fsp3) is 0.364. The SMILES string of the molecule is CC(=O)NNC(=O)CSc1nnc2nc(C)cc(C)n12. The van der Waals surface area contributed by atoms with Gasteiger partial charge in [0.05, 0.1) is 5.75 Å². The highest BCUT2D eigenvalue weighted by atomic mass is 32.2. The zero-order valence-electron chi connectivity index (χ0n) is 11.3. The Morgan fingerprint density at radius 1 is 1.30 bits per heavy atom. The van der Waals surface area contributed by atoms with Gasteiger partial charge in [-0.25, -0.2) is 4.98 Å². The number of hydrogen-bond donors (Lipinski definition) is 2. The lowest BCUT2D eigenvalue weighted by molar-refractivity contribution is -0.126. The lowest BCUT2D eigenvalue weighted by Crippen LogP contribution is -2.41. The van der Waals surface area contributed by atoms with E-state index in [1.165, 1.54) is 18.7 Å². The average molecular weight is 294 g/mol. The smallest absolute Gasteiger partial charge is 0.256 e. The Hall–Kier alpha value is -2.16. The van der Waals surface area contributed by atoms with Crippen LogP contribution >= 0.6 is 11.8 Å². The number of nitrogens with zero attached hydrogens (tertiary/aromatic N) is 4. The molecule has 0 aliphatic heterocycles. The molecule has 2 aromatic heterocycles. The van der Waals surface area contributed by atoms with E-state index in [2.05, 4.69) is 26.0 Å². The number of hydrazine groups is 1. The zero-order valence-corrected chi connectivity index (χ0v) is 12.1. The summed E-state index contributed by atoms with van der Waals surface area (Å²) < 4.78 is 1.78. The summed E-state index contributed by atoms with van der Waals surface area (Å²) in [6.07, 6.45) is 0. The molecule has 2 N–H and O–H groups in total. The Balaban J connectivity index is 2.07. The van der Waals surface area contributed by atoms with E-state index >= 15 is 0 Å². The summed E-state index contributed by atoms with van der Waals surface area (Å²) in [6, 6.07) is 1.91. The molecule has 2 heterocycles. The fourth-order valence-electron chi connectivity index (χ4n) is 1.62.